The molecule has 17 heavy (non-hydrogen) atoms. The molecule has 1 unspecified atom stereocenters. The lowest BCUT2D eigenvalue weighted by Gasteiger charge is -2.29. The average Bonchev–Trinajstić information content (AvgIpc) is 2.76. The maximum Gasteiger partial charge on any atom is 0.373 e. The highest BCUT2D eigenvalue weighted by atomic mass is 16.5. The third-order valence-corrected chi connectivity index (χ3v) is 2.97. The van der Waals surface area contributed by atoms with Gasteiger partial charge in [0.1, 0.15) is 5.76 Å². The van der Waals surface area contributed by atoms with Crippen LogP contribution in [0.5, 0.6) is 0 Å². The number of hydrogen-bond acceptors (Lipinski definition) is 5. The lowest BCUT2D eigenvalue weighted by atomic mass is 10.1. The van der Waals surface area contributed by atoms with Gasteiger partial charge in [-0.2, -0.15) is 0 Å². The number of furan rings is 1. The van der Waals surface area contributed by atoms with E-state index in [4.69, 9.17) is 10.2 Å². The van der Waals surface area contributed by atoms with E-state index in [0.717, 1.165) is 31.7 Å². The fraction of sp³-hybridized carbons (Fsp3) is 0.583. The van der Waals surface area contributed by atoms with Gasteiger partial charge >= 0.3 is 5.97 Å². The zero-order valence-electron chi connectivity index (χ0n) is 10.0. The van der Waals surface area contributed by atoms with Gasteiger partial charge in [0.05, 0.1) is 13.7 Å². The van der Waals surface area contributed by atoms with Crippen molar-refractivity contribution < 1.29 is 13.9 Å². The number of rotatable bonds is 3. The zero-order valence-corrected chi connectivity index (χ0v) is 10.0. The number of esters is 1. The number of ether oxygens (including phenoxy) is 1. The molecule has 0 aromatic carbocycles. The molecule has 5 nitrogen and oxygen atoms in total. The van der Waals surface area contributed by atoms with Crippen LogP contribution in [-0.2, 0) is 11.3 Å². The molecule has 0 saturated carbocycles. The van der Waals surface area contributed by atoms with Crippen molar-refractivity contribution in [2.24, 2.45) is 5.73 Å². The summed E-state index contributed by atoms with van der Waals surface area (Å²) in [7, 11) is 1.34. The number of methoxy groups -OCH3 is 1. The SMILES string of the molecule is COC(=O)c1ccc(CN2CCCC(N)C2)o1. The van der Waals surface area contributed by atoms with Crippen LogP contribution in [0.4, 0.5) is 0 Å². The van der Waals surface area contributed by atoms with Gasteiger partial charge in [0.25, 0.3) is 0 Å². The number of piperidine rings is 1. The van der Waals surface area contributed by atoms with Crippen molar-refractivity contribution in [3.8, 4) is 0 Å². The number of carbonyl (C=O) groups is 1. The molecular weight excluding hydrogens is 220 g/mol. The first-order valence-electron chi connectivity index (χ1n) is 5.84. The standard InChI is InChI=1S/C12H18N2O3/c1-16-12(15)11-5-4-10(17-11)8-14-6-2-3-9(13)7-14/h4-5,9H,2-3,6-8,13H2,1H3. The van der Waals surface area contributed by atoms with Crippen molar-refractivity contribution in [1.82, 2.24) is 4.90 Å². The van der Waals surface area contributed by atoms with Crippen LogP contribution in [0.15, 0.2) is 16.5 Å². The number of likely N-dealkylation sites (tertiary alicyclic amines) is 1. The molecule has 0 aliphatic carbocycles. The average molecular weight is 238 g/mol. The lowest BCUT2D eigenvalue weighted by molar-refractivity contribution is 0.0560. The van der Waals surface area contributed by atoms with Gasteiger partial charge in [-0.15, -0.1) is 0 Å². The Hall–Kier alpha value is -1.33. The lowest BCUT2D eigenvalue weighted by Crippen LogP contribution is -2.42. The summed E-state index contributed by atoms with van der Waals surface area (Å²) in [5.74, 6) is 0.593. The van der Waals surface area contributed by atoms with Gasteiger partial charge in [-0.25, -0.2) is 4.79 Å². The first-order valence-corrected chi connectivity index (χ1v) is 5.84. The van der Waals surface area contributed by atoms with Gasteiger partial charge in [-0.3, -0.25) is 4.90 Å². The summed E-state index contributed by atoms with van der Waals surface area (Å²) in [6.45, 7) is 2.61. The highest BCUT2D eigenvalue weighted by molar-refractivity contribution is 5.86. The van der Waals surface area contributed by atoms with Gasteiger partial charge < -0.3 is 14.9 Å². The zero-order chi connectivity index (χ0) is 12.3. The molecule has 1 aromatic heterocycles. The Morgan fingerprint density at radius 2 is 2.47 bits per heavy atom. The van der Waals surface area contributed by atoms with Gasteiger partial charge in [-0.1, -0.05) is 0 Å². The predicted octanol–water partition coefficient (Wildman–Crippen LogP) is 0.989. The Balaban J connectivity index is 1.94. The van der Waals surface area contributed by atoms with E-state index < -0.39 is 5.97 Å². The highest BCUT2D eigenvalue weighted by Crippen LogP contribution is 2.15. The van der Waals surface area contributed by atoms with Crippen molar-refractivity contribution in [1.29, 1.82) is 0 Å². The third kappa shape index (κ3) is 3.08. The van der Waals surface area contributed by atoms with E-state index in [2.05, 4.69) is 9.64 Å². The van der Waals surface area contributed by atoms with Crippen molar-refractivity contribution in [3.63, 3.8) is 0 Å². The molecule has 94 valence electrons. The van der Waals surface area contributed by atoms with E-state index in [1.54, 1.807) is 6.07 Å². The van der Waals surface area contributed by atoms with Crippen molar-refractivity contribution in [2.45, 2.75) is 25.4 Å². The van der Waals surface area contributed by atoms with Crippen LogP contribution in [0, 0.1) is 0 Å². The third-order valence-electron chi connectivity index (χ3n) is 2.97. The number of carbonyl (C=O) groups excluding carboxylic acids is 1. The Kier molecular flexibility index (Phi) is 3.81. The predicted molar refractivity (Wildman–Crippen MR) is 62.5 cm³/mol. The molecular formula is C12H18N2O3. The van der Waals surface area contributed by atoms with E-state index in [-0.39, 0.29) is 11.8 Å². The number of hydrogen-bond donors (Lipinski definition) is 1. The van der Waals surface area contributed by atoms with E-state index in [1.165, 1.54) is 7.11 Å². The molecule has 2 rings (SSSR count). The highest BCUT2D eigenvalue weighted by Gasteiger charge is 2.18. The summed E-state index contributed by atoms with van der Waals surface area (Å²) in [4.78, 5) is 13.5. The molecule has 0 bridgehead atoms. The van der Waals surface area contributed by atoms with Crippen LogP contribution in [0.1, 0.15) is 29.2 Å². The van der Waals surface area contributed by atoms with E-state index in [1.807, 2.05) is 6.07 Å². The maximum atomic E-state index is 11.2. The van der Waals surface area contributed by atoms with Crippen molar-refractivity contribution in [3.05, 3.63) is 23.7 Å². The van der Waals surface area contributed by atoms with E-state index >= 15 is 0 Å². The van der Waals surface area contributed by atoms with Gasteiger partial charge in [0, 0.05) is 12.6 Å². The fourth-order valence-corrected chi connectivity index (χ4v) is 2.13. The van der Waals surface area contributed by atoms with Gasteiger partial charge in [0.2, 0.25) is 5.76 Å². The first-order chi connectivity index (χ1) is 8.19. The Bertz CT molecular complexity index is 389. The molecule has 1 aromatic rings. The summed E-state index contributed by atoms with van der Waals surface area (Å²) in [5.41, 5.74) is 5.91. The first kappa shape index (κ1) is 12.1. The van der Waals surface area contributed by atoms with Crippen LogP contribution in [0.2, 0.25) is 0 Å². The van der Waals surface area contributed by atoms with Crippen LogP contribution >= 0.6 is 0 Å². The molecule has 2 N–H and O–H groups in total. The van der Waals surface area contributed by atoms with Crippen LogP contribution in [0.3, 0.4) is 0 Å². The second kappa shape index (κ2) is 5.33. The molecule has 0 amide bonds. The van der Waals surface area contributed by atoms with Crippen LogP contribution in [0.25, 0.3) is 0 Å². The Morgan fingerprint density at radius 3 is 3.18 bits per heavy atom. The maximum absolute atomic E-state index is 11.2. The fourth-order valence-electron chi connectivity index (χ4n) is 2.13. The topological polar surface area (TPSA) is 68.7 Å². The van der Waals surface area contributed by atoms with E-state index in [0.29, 0.717) is 6.54 Å². The molecule has 0 spiro atoms. The van der Waals surface area contributed by atoms with Crippen LogP contribution in [-0.4, -0.2) is 37.1 Å². The molecule has 5 heteroatoms. The summed E-state index contributed by atoms with van der Waals surface area (Å²) in [6.07, 6.45) is 2.20. The number of nitrogens with two attached hydrogens (primary N) is 1. The normalized spacial score (nSPS) is 21.4. The molecule has 1 fully saturated rings. The van der Waals surface area contributed by atoms with Crippen molar-refractivity contribution in [2.75, 3.05) is 20.2 Å². The second-order valence-electron chi connectivity index (χ2n) is 4.39. The molecule has 1 saturated heterocycles. The summed E-state index contributed by atoms with van der Waals surface area (Å²) in [5, 5.41) is 0. The van der Waals surface area contributed by atoms with Crippen LogP contribution < -0.4 is 5.73 Å². The quantitative estimate of drug-likeness (QED) is 0.795. The smallest absolute Gasteiger partial charge is 0.373 e. The Labute approximate surface area is 101 Å². The molecule has 0 radical (unpaired) electrons. The van der Waals surface area contributed by atoms with Crippen molar-refractivity contribution >= 4 is 5.97 Å². The largest absolute Gasteiger partial charge is 0.463 e. The number of nitrogens with zero attached hydrogens (tertiary/aromatic N) is 1. The minimum atomic E-state index is -0.438. The molecule has 1 aliphatic rings. The molecule has 1 atom stereocenters. The van der Waals surface area contributed by atoms with Gasteiger partial charge in [-0.05, 0) is 31.5 Å². The van der Waals surface area contributed by atoms with Gasteiger partial charge in [0.15, 0.2) is 0 Å². The molecule has 2 heterocycles. The minimum Gasteiger partial charge on any atom is -0.463 e. The summed E-state index contributed by atoms with van der Waals surface area (Å²) < 4.78 is 10.0. The summed E-state index contributed by atoms with van der Waals surface area (Å²) in [6, 6.07) is 3.70. The van der Waals surface area contributed by atoms with E-state index in [9.17, 15) is 4.79 Å². The minimum absolute atomic E-state index is 0.249. The monoisotopic (exact) mass is 238 g/mol. The second-order valence-corrected chi connectivity index (χ2v) is 4.39. The summed E-state index contributed by atoms with van der Waals surface area (Å²) >= 11 is 0. The Morgan fingerprint density at radius 1 is 1.65 bits per heavy atom. The molecule has 1 aliphatic heterocycles.